The van der Waals surface area contributed by atoms with E-state index in [1.807, 2.05) is 12.1 Å². The highest BCUT2D eigenvalue weighted by Gasteiger charge is 2.26. The van der Waals surface area contributed by atoms with Gasteiger partial charge in [0.15, 0.2) is 0 Å². The van der Waals surface area contributed by atoms with Crippen LogP contribution in [0.25, 0.3) is 11.4 Å². The normalized spacial score (nSPS) is 19.0. The highest BCUT2D eigenvalue weighted by molar-refractivity contribution is 5.78. The number of nitrogens with zero attached hydrogens (tertiary/aromatic N) is 4. The number of hydrogen-bond acceptors (Lipinski definition) is 6. The molecule has 32 heavy (non-hydrogen) atoms. The summed E-state index contributed by atoms with van der Waals surface area (Å²) in [5.74, 6) is 1.62. The molecule has 2 saturated heterocycles. The second kappa shape index (κ2) is 11.6. The van der Waals surface area contributed by atoms with Gasteiger partial charge in [-0.05, 0) is 77.8 Å². The van der Waals surface area contributed by atoms with E-state index < -0.39 is 0 Å². The molecule has 0 spiro atoms. The van der Waals surface area contributed by atoms with E-state index in [1.165, 1.54) is 44.3 Å². The number of rotatable bonds is 8. The zero-order valence-electron chi connectivity index (χ0n) is 19.4. The molecular formula is C25H37N5O2. The Hall–Kier alpha value is -2.25. The minimum atomic E-state index is 0.120. The lowest BCUT2D eigenvalue weighted by Gasteiger charge is -2.30. The SMILES string of the molecule is Cc1cccc(-c2noc(CN3CCC(C(=O)NCCCN4CCCCCC4)CC3)n2)c1. The molecule has 0 radical (unpaired) electrons. The molecule has 0 unspecified atom stereocenters. The van der Waals surface area contributed by atoms with Gasteiger partial charge in [-0.3, -0.25) is 9.69 Å². The standard InChI is InChI=1S/C25H37N5O2/c1-20-8-6-9-22(18-20)24-27-23(32-28-24)19-30-16-10-21(11-17-30)25(31)26-12-7-15-29-13-4-2-3-5-14-29/h6,8-9,18,21H,2-5,7,10-17,19H2,1H3,(H,26,31). The Morgan fingerprint density at radius 2 is 1.88 bits per heavy atom. The minimum Gasteiger partial charge on any atom is -0.356 e. The highest BCUT2D eigenvalue weighted by atomic mass is 16.5. The molecule has 1 aromatic heterocycles. The second-order valence-corrected chi connectivity index (χ2v) is 9.33. The maximum absolute atomic E-state index is 12.6. The molecule has 2 aliphatic heterocycles. The fraction of sp³-hybridized carbons (Fsp3) is 0.640. The molecule has 2 aromatic rings. The molecular weight excluding hydrogens is 402 g/mol. The van der Waals surface area contributed by atoms with Gasteiger partial charge in [-0.2, -0.15) is 4.98 Å². The molecule has 4 rings (SSSR count). The fourth-order valence-electron chi connectivity index (χ4n) is 4.78. The Bertz CT molecular complexity index is 852. The first-order valence-electron chi connectivity index (χ1n) is 12.3. The van der Waals surface area contributed by atoms with Crippen molar-refractivity contribution in [3.8, 4) is 11.4 Å². The number of aromatic nitrogens is 2. The minimum absolute atomic E-state index is 0.120. The van der Waals surface area contributed by atoms with Gasteiger partial charge in [0, 0.05) is 18.0 Å². The summed E-state index contributed by atoms with van der Waals surface area (Å²) < 4.78 is 5.47. The summed E-state index contributed by atoms with van der Waals surface area (Å²) in [5, 5.41) is 7.31. The number of carbonyl (C=O) groups is 1. The van der Waals surface area contributed by atoms with Gasteiger partial charge in [0.2, 0.25) is 17.6 Å². The molecule has 1 amide bonds. The molecule has 3 heterocycles. The molecule has 0 saturated carbocycles. The molecule has 0 atom stereocenters. The lowest BCUT2D eigenvalue weighted by Crippen LogP contribution is -2.41. The van der Waals surface area contributed by atoms with Crippen LogP contribution in [0.3, 0.4) is 0 Å². The van der Waals surface area contributed by atoms with Crippen molar-refractivity contribution in [1.82, 2.24) is 25.3 Å². The number of aryl methyl sites for hydroxylation is 1. The Labute approximate surface area is 191 Å². The van der Waals surface area contributed by atoms with Gasteiger partial charge in [0.25, 0.3) is 0 Å². The lowest BCUT2D eigenvalue weighted by molar-refractivity contribution is -0.126. The van der Waals surface area contributed by atoms with Gasteiger partial charge in [-0.25, -0.2) is 0 Å². The van der Waals surface area contributed by atoms with Crippen LogP contribution in [-0.2, 0) is 11.3 Å². The maximum atomic E-state index is 12.6. The van der Waals surface area contributed by atoms with Crippen LogP contribution in [0.15, 0.2) is 28.8 Å². The average Bonchev–Trinajstić information content (AvgIpc) is 3.11. The Kier molecular flexibility index (Phi) is 8.29. The van der Waals surface area contributed by atoms with Crippen molar-refractivity contribution in [2.45, 2.75) is 58.4 Å². The number of carbonyl (C=O) groups excluding carboxylic acids is 1. The van der Waals surface area contributed by atoms with Crippen molar-refractivity contribution in [2.24, 2.45) is 5.92 Å². The summed E-state index contributed by atoms with van der Waals surface area (Å²) in [6, 6.07) is 8.12. The lowest BCUT2D eigenvalue weighted by atomic mass is 9.96. The molecule has 0 aliphatic carbocycles. The van der Waals surface area contributed by atoms with Gasteiger partial charge < -0.3 is 14.7 Å². The summed E-state index contributed by atoms with van der Waals surface area (Å²) in [6.07, 6.45) is 8.20. The number of nitrogens with one attached hydrogen (secondary N) is 1. The van der Waals surface area contributed by atoms with E-state index >= 15 is 0 Å². The van der Waals surface area contributed by atoms with Crippen LogP contribution in [0.1, 0.15) is 56.4 Å². The van der Waals surface area contributed by atoms with Crippen molar-refractivity contribution >= 4 is 5.91 Å². The van der Waals surface area contributed by atoms with Crippen molar-refractivity contribution in [2.75, 3.05) is 39.3 Å². The molecule has 1 N–H and O–H groups in total. The number of piperidine rings is 1. The topological polar surface area (TPSA) is 74.5 Å². The highest BCUT2D eigenvalue weighted by Crippen LogP contribution is 2.21. The van der Waals surface area contributed by atoms with Crippen LogP contribution in [0, 0.1) is 12.8 Å². The van der Waals surface area contributed by atoms with Gasteiger partial charge >= 0.3 is 0 Å². The van der Waals surface area contributed by atoms with E-state index in [-0.39, 0.29) is 11.8 Å². The Balaban J connectivity index is 1.15. The van der Waals surface area contributed by atoms with Gasteiger partial charge in [0.1, 0.15) is 0 Å². The third-order valence-electron chi connectivity index (χ3n) is 6.71. The predicted molar refractivity (Wildman–Crippen MR) is 125 cm³/mol. The first-order valence-corrected chi connectivity index (χ1v) is 12.3. The summed E-state index contributed by atoms with van der Waals surface area (Å²) in [7, 11) is 0. The van der Waals surface area contributed by atoms with Crippen LogP contribution in [0.4, 0.5) is 0 Å². The van der Waals surface area contributed by atoms with Crippen LogP contribution in [-0.4, -0.2) is 65.1 Å². The zero-order valence-corrected chi connectivity index (χ0v) is 19.4. The van der Waals surface area contributed by atoms with Crippen LogP contribution in [0.2, 0.25) is 0 Å². The molecule has 0 bridgehead atoms. The number of amides is 1. The van der Waals surface area contributed by atoms with Gasteiger partial charge in [0.05, 0.1) is 6.54 Å². The molecule has 7 heteroatoms. The molecule has 2 aliphatic rings. The summed E-state index contributed by atoms with van der Waals surface area (Å²) in [6.45, 7) is 8.80. The summed E-state index contributed by atoms with van der Waals surface area (Å²) in [4.78, 5) is 22.0. The summed E-state index contributed by atoms with van der Waals surface area (Å²) >= 11 is 0. The largest absolute Gasteiger partial charge is 0.356 e. The van der Waals surface area contributed by atoms with Crippen molar-refractivity contribution in [3.05, 3.63) is 35.7 Å². The monoisotopic (exact) mass is 439 g/mol. The molecule has 7 nitrogen and oxygen atoms in total. The molecule has 1 aromatic carbocycles. The van der Waals surface area contributed by atoms with Gasteiger partial charge in [-0.15, -0.1) is 0 Å². The van der Waals surface area contributed by atoms with Crippen molar-refractivity contribution < 1.29 is 9.32 Å². The number of hydrogen-bond donors (Lipinski definition) is 1. The fourth-order valence-corrected chi connectivity index (χ4v) is 4.78. The zero-order chi connectivity index (χ0) is 22.2. The van der Waals surface area contributed by atoms with E-state index in [4.69, 9.17) is 4.52 Å². The Morgan fingerprint density at radius 1 is 1.09 bits per heavy atom. The van der Waals surface area contributed by atoms with E-state index in [0.29, 0.717) is 18.3 Å². The van der Waals surface area contributed by atoms with E-state index in [2.05, 4.69) is 44.3 Å². The van der Waals surface area contributed by atoms with E-state index in [9.17, 15) is 4.79 Å². The summed E-state index contributed by atoms with van der Waals surface area (Å²) in [5.41, 5.74) is 2.15. The van der Waals surface area contributed by atoms with Crippen molar-refractivity contribution in [3.63, 3.8) is 0 Å². The Morgan fingerprint density at radius 3 is 2.62 bits per heavy atom. The first-order chi connectivity index (χ1) is 15.7. The van der Waals surface area contributed by atoms with Crippen LogP contribution in [0.5, 0.6) is 0 Å². The smallest absolute Gasteiger partial charge is 0.241 e. The number of likely N-dealkylation sites (tertiary alicyclic amines) is 2. The van der Waals surface area contributed by atoms with E-state index in [0.717, 1.165) is 51.0 Å². The average molecular weight is 440 g/mol. The third-order valence-corrected chi connectivity index (χ3v) is 6.71. The van der Waals surface area contributed by atoms with Crippen LogP contribution < -0.4 is 5.32 Å². The van der Waals surface area contributed by atoms with Crippen molar-refractivity contribution in [1.29, 1.82) is 0 Å². The second-order valence-electron chi connectivity index (χ2n) is 9.33. The third kappa shape index (κ3) is 6.62. The molecule has 174 valence electrons. The number of benzene rings is 1. The van der Waals surface area contributed by atoms with Gasteiger partial charge in [-0.1, -0.05) is 41.8 Å². The maximum Gasteiger partial charge on any atom is 0.241 e. The van der Waals surface area contributed by atoms with Crippen LogP contribution >= 0.6 is 0 Å². The first kappa shape index (κ1) is 22.9. The van der Waals surface area contributed by atoms with E-state index in [1.54, 1.807) is 0 Å². The predicted octanol–water partition coefficient (Wildman–Crippen LogP) is 3.64. The quantitative estimate of drug-likeness (QED) is 0.633. The molecule has 2 fully saturated rings.